The second-order valence-electron chi connectivity index (χ2n) is 5.93. The number of ether oxygens (including phenoxy) is 1. The van der Waals surface area contributed by atoms with Crippen molar-refractivity contribution in [2.45, 2.75) is 72.1 Å². The quantitative estimate of drug-likeness (QED) is 0.248. The summed E-state index contributed by atoms with van der Waals surface area (Å²) in [6.07, 6.45) is 1.61. The van der Waals surface area contributed by atoms with Crippen molar-refractivity contribution in [1.82, 2.24) is 0 Å². The lowest BCUT2D eigenvalue weighted by Crippen LogP contribution is -2.47. The number of esters is 1. The highest BCUT2D eigenvalue weighted by Gasteiger charge is 2.38. The van der Waals surface area contributed by atoms with Crippen LogP contribution in [0.3, 0.4) is 0 Å². The smallest absolute Gasteiger partial charge is 0.337 e. The Balaban J connectivity index is 4.34. The van der Waals surface area contributed by atoms with Crippen LogP contribution in [0.1, 0.15) is 54.4 Å². The molecular formula is C16H32O4Si. The van der Waals surface area contributed by atoms with Gasteiger partial charge >= 0.3 is 14.5 Å². The lowest BCUT2D eigenvalue weighted by atomic mass is 10.0. The second kappa shape index (κ2) is 9.38. The first-order valence-corrected chi connectivity index (χ1v) is 10.1. The van der Waals surface area contributed by atoms with Gasteiger partial charge in [-0.15, -0.1) is 0 Å². The first-order chi connectivity index (χ1) is 9.72. The van der Waals surface area contributed by atoms with Crippen molar-refractivity contribution in [2.75, 3.05) is 13.2 Å². The van der Waals surface area contributed by atoms with Crippen molar-refractivity contribution in [3.63, 3.8) is 0 Å². The molecule has 0 atom stereocenters. The van der Waals surface area contributed by atoms with Gasteiger partial charge < -0.3 is 13.6 Å². The van der Waals surface area contributed by atoms with Crippen molar-refractivity contribution in [3.05, 3.63) is 12.2 Å². The van der Waals surface area contributed by atoms with Crippen molar-refractivity contribution in [2.24, 2.45) is 0 Å². The third kappa shape index (κ3) is 7.78. The topological polar surface area (TPSA) is 44.8 Å². The number of rotatable bonds is 11. The summed E-state index contributed by atoms with van der Waals surface area (Å²) in [6, 6.07) is 1.90. The molecule has 0 radical (unpaired) electrons. The first-order valence-electron chi connectivity index (χ1n) is 7.88. The van der Waals surface area contributed by atoms with Crippen LogP contribution in [0.15, 0.2) is 12.2 Å². The van der Waals surface area contributed by atoms with E-state index in [-0.39, 0.29) is 11.6 Å². The molecule has 0 unspecified atom stereocenters. The first kappa shape index (κ1) is 20.3. The van der Waals surface area contributed by atoms with E-state index in [9.17, 15) is 4.79 Å². The molecule has 0 aliphatic carbocycles. The summed E-state index contributed by atoms with van der Waals surface area (Å²) in [6.45, 7) is 16.8. The van der Waals surface area contributed by atoms with Crippen LogP contribution in [-0.4, -0.2) is 33.3 Å². The summed E-state index contributed by atoms with van der Waals surface area (Å²) in [7, 11) is -2.10. The highest BCUT2D eigenvalue weighted by Crippen LogP contribution is 2.28. The molecule has 0 saturated carbocycles. The van der Waals surface area contributed by atoms with E-state index in [1.165, 1.54) is 0 Å². The van der Waals surface area contributed by atoms with Crippen molar-refractivity contribution in [1.29, 1.82) is 0 Å². The maximum absolute atomic E-state index is 11.3. The van der Waals surface area contributed by atoms with Crippen molar-refractivity contribution < 1.29 is 18.4 Å². The summed E-state index contributed by atoms with van der Waals surface area (Å²) < 4.78 is 17.5. The van der Waals surface area contributed by atoms with E-state index in [2.05, 4.69) is 34.3 Å². The molecule has 0 saturated heterocycles. The largest absolute Gasteiger partial charge is 0.462 e. The standard InChI is InChI=1S/C16H32O4Si/c1-8-19-21(9-2,10-3)20-16(6,7)12-11-13-18-15(17)14(4)5/h4,8-13H2,1-3,5-7H3. The molecule has 124 valence electrons. The summed E-state index contributed by atoms with van der Waals surface area (Å²) in [4.78, 5) is 11.3. The summed E-state index contributed by atoms with van der Waals surface area (Å²) in [5.74, 6) is -0.325. The maximum Gasteiger partial charge on any atom is 0.337 e. The van der Waals surface area contributed by atoms with Gasteiger partial charge in [-0.05, 0) is 52.6 Å². The van der Waals surface area contributed by atoms with E-state index in [1.807, 2.05) is 6.92 Å². The molecule has 21 heavy (non-hydrogen) atoms. The lowest BCUT2D eigenvalue weighted by Gasteiger charge is -2.37. The summed E-state index contributed by atoms with van der Waals surface area (Å²) >= 11 is 0. The molecule has 5 heteroatoms. The minimum absolute atomic E-state index is 0.261. The zero-order chi connectivity index (χ0) is 16.5. The average molecular weight is 317 g/mol. The Hall–Kier alpha value is -0.653. The Kier molecular flexibility index (Phi) is 9.09. The third-order valence-corrected chi connectivity index (χ3v) is 7.35. The zero-order valence-corrected chi connectivity index (χ0v) is 15.6. The molecule has 0 fully saturated rings. The van der Waals surface area contributed by atoms with Crippen LogP contribution in [-0.2, 0) is 18.4 Å². The van der Waals surface area contributed by atoms with Gasteiger partial charge in [0.2, 0.25) is 0 Å². The van der Waals surface area contributed by atoms with Gasteiger partial charge in [0.25, 0.3) is 0 Å². The van der Waals surface area contributed by atoms with E-state index in [0.717, 1.165) is 24.9 Å². The summed E-state index contributed by atoms with van der Waals surface area (Å²) in [5, 5.41) is 0. The van der Waals surface area contributed by atoms with Crippen LogP contribution in [0.5, 0.6) is 0 Å². The number of hydrogen-bond donors (Lipinski definition) is 0. The van der Waals surface area contributed by atoms with Gasteiger partial charge in [-0.3, -0.25) is 0 Å². The Labute approximate surface area is 131 Å². The number of hydrogen-bond acceptors (Lipinski definition) is 4. The van der Waals surface area contributed by atoms with E-state index in [4.69, 9.17) is 13.6 Å². The fourth-order valence-corrected chi connectivity index (χ4v) is 5.12. The molecule has 0 rings (SSSR count). The zero-order valence-electron chi connectivity index (χ0n) is 14.6. The Morgan fingerprint density at radius 2 is 1.76 bits per heavy atom. The average Bonchev–Trinajstić information content (AvgIpc) is 2.42. The van der Waals surface area contributed by atoms with Crippen LogP contribution in [0.2, 0.25) is 12.1 Å². The molecule has 0 bridgehead atoms. The second-order valence-corrected chi connectivity index (χ2v) is 9.66. The van der Waals surface area contributed by atoms with Gasteiger partial charge in [-0.25, -0.2) is 4.79 Å². The van der Waals surface area contributed by atoms with E-state index < -0.39 is 8.56 Å². The van der Waals surface area contributed by atoms with Gasteiger partial charge in [0, 0.05) is 12.2 Å². The number of carbonyl (C=O) groups excluding carboxylic acids is 1. The van der Waals surface area contributed by atoms with Crippen LogP contribution >= 0.6 is 0 Å². The minimum Gasteiger partial charge on any atom is -0.462 e. The maximum atomic E-state index is 11.3. The molecule has 0 aromatic carbocycles. The predicted molar refractivity (Wildman–Crippen MR) is 88.5 cm³/mol. The Bertz CT molecular complexity index is 335. The molecule has 0 N–H and O–H groups in total. The van der Waals surface area contributed by atoms with Crippen LogP contribution < -0.4 is 0 Å². The van der Waals surface area contributed by atoms with Crippen LogP contribution in [0.25, 0.3) is 0 Å². The Morgan fingerprint density at radius 3 is 2.19 bits per heavy atom. The lowest BCUT2D eigenvalue weighted by molar-refractivity contribution is -0.139. The molecule has 0 aliphatic heterocycles. The normalized spacial score (nSPS) is 12.3. The fraction of sp³-hybridized carbons (Fsp3) is 0.812. The molecule has 0 aromatic rings. The molecule has 0 spiro atoms. The van der Waals surface area contributed by atoms with E-state index >= 15 is 0 Å². The minimum atomic E-state index is -2.10. The molecule has 4 nitrogen and oxygen atoms in total. The highest BCUT2D eigenvalue weighted by atomic mass is 28.4. The molecule has 0 heterocycles. The van der Waals surface area contributed by atoms with E-state index in [1.54, 1.807) is 6.92 Å². The predicted octanol–water partition coefficient (Wildman–Crippen LogP) is 4.20. The molecule has 0 aliphatic rings. The van der Waals surface area contributed by atoms with Gasteiger partial charge in [-0.1, -0.05) is 20.4 Å². The SMILES string of the molecule is C=C(C)C(=O)OCCCC(C)(C)O[Si](CC)(CC)OCC. The van der Waals surface area contributed by atoms with Gasteiger partial charge in [0.05, 0.1) is 12.2 Å². The summed E-state index contributed by atoms with van der Waals surface area (Å²) in [5.41, 5.74) is 0.175. The van der Waals surface area contributed by atoms with Crippen LogP contribution in [0, 0.1) is 0 Å². The molecule has 0 amide bonds. The van der Waals surface area contributed by atoms with Gasteiger partial charge in [0.1, 0.15) is 0 Å². The third-order valence-electron chi connectivity index (χ3n) is 3.45. The molecular weight excluding hydrogens is 284 g/mol. The van der Waals surface area contributed by atoms with Gasteiger partial charge in [0.15, 0.2) is 0 Å². The highest BCUT2D eigenvalue weighted by molar-refractivity contribution is 6.67. The van der Waals surface area contributed by atoms with E-state index in [0.29, 0.717) is 18.8 Å². The fourth-order valence-electron chi connectivity index (χ4n) is 2.23. The molecule has 0 aromatic heterocycles. The Morgan fingerprint density at radius 1 is 1.19 bits per heavy atom. The van der Waals surface area contributed by atoms with Crippen molar-refractivity contribution >= 4 is 14.5 Å². The van der Waals surface area contributed by atoms with Crippen LogP contribution in [0.4, 0.5) is 0 Å². The number of carbonyl (C=O) groups is 1. The van der Waals surface area contributed by atoms with Crippen molar-refractivity contribution in [3.8, 4) is 0 Å². The van der Waals surface area contributed by atoms with Gasteiger partial charge in [-0.2, -0.15) is 0 Å². The monoisotopic (exact) mass is 316 g/mol.